The third-order valence-electron chi connectivity index (χ3n) is 6.05. The third kappa shape index (κ3) is 3.59. The normalized spacial score (nSPS) is 20.2. The van der Waals surface area contributed by atoms with Crippen LogP contribution < -0.4 is 5.56 Å². The van der Waals surface area contributed by atoms with Crippen LogP contribution in [0.3, 0.4) is 0 Å². The first-order chi connectivity index (χ1) is 14.7. The van der Waals surface area contributed by atoms with Crippen molar-refractivity contribution in [3.8, 4) is 11.3 Å². The highest BCUT2D eigenvalue weighted by atomic mass is 16.2. The van der Waals surface area contributed by atoms with E-state index in [0.29, 0.717) is 25.6 Å². The third-order valence-corrected chi connectivity index (χ3v) is 6.05. The second-order valence-electron chi connectivity index (χ2n) is 8.12. The van der Waals surface area contributed by atoms with Gasteiger partial charge in [0.1, 0.15) is 0 Å². The van der Waals surface area contributed by atoms with Gasteiger partial charge in [-0.25, -0.2) is 0 Å². The lowest BCUT2D eigenvalue weighted by atomic mass is 9.82. The van der Waals surface area contributed by atoms with Gasteiger partial charge in [0.15, 0.2) is 0 Å². The first-order valence-corrected chi connectivity index (χ1v) is 10.4. The molecule has 4 heterocycles. The van der Waals surface area contributed by atoms with Crippen LogP contribution in [-0.2, 0) is 11.3 Å². The minimum Gasteiger partial charge on any atom is -0.338 e. The first-order valence-electron chi connectivity index (χ1n) is 10.4. The fourth-order valence-corrected chi connectivity index (χ4v) is 4.66. The lowest BCUT2D eigenvalue weighted by Gasteiger charge is -2.42. The van der Waals surface area contributed by atoms with Gasteiger partial charge in [-0.3, -0.25) is 14.6 Å². The van der Waals surface area contributed by atoms with Gasteiger partial charge in [-0.05, 0) is 42.2 Å². The number of carbonyl (C=O) groups is 1. The molecule has 0 N–H and O–H groups in total. The summed E-state index contributed by atoms with van der Waals surface area (Å²) < 4.78 is 1.90. The van der Waals surface area contributed by atoms with Crippen LogP contribution in [0.15, 0.2) is 77.7 Å². The molecule has 2 bridgehead atoms. The molecule has 1 fully saturated rings. The van der Waals surface area contributed by atoms with Gasteiger partial charge in [0.2, 0.25) is 5.91 Å². The van der Waals surface area contributed by atoms with Gasteiger partial charge < -0.3 is 9.47 Å². The Labute approximate surface area is 175 Å². The van der Waals surface area contributed by atoms with Crippen LogP contribution in [0.2, 0.25) is 0 Å². The van der Waals surface area contributed by atoms with E-state index in [1.807, 2.05) is 64.1 Å². The van der Waals surface area contributed by atoms with Crippen LogP contribution >= 0.6 is 0 Å². The number of benzene rings is 1. The van der Waals surface area contributed by atoms with Gasteiger partial charge in [0, 0.05) is 55.1 Å². The maximum absolute atomic E-state index is 12.8. The second kappa shape index (κ2) is 7.75. The van der Waals surface area contributed by atoms with Crippen LogP contribution in [0.4, 0.5) is 0 Å². The molecule has 1 saturated heterocycles. The van der Waals surface area contributed by atoms with Crippen molar-refractivity contribution >= 4 is 12.0 Å². The minimum absolute atomic E-state index is 0.0200. The summed E-state index contributed by atoms with van der Waals surface area (Å²) in [6.07, 6.45) is 6.28. The molecule has 30 heavy (non-hydrogen) atoms. The van der Waals surface area contributed by atoms with Crippen molar-refractivity contribution in [3.63, 3.8) is 0 Å². The maximum atomic E-state index is 12.8. The average molecular weight is 397 g/mol. The van der Waals surface area contributed by atoms with Crippen molar-refractivity contribution in [1.82, 2.24) is 14.5 Å². The molecule has 1 aromatic carbocycles. The van der Waals surface area contributed by atoms with Gasteiger partial charge in [-0.2, -0.15) is 0 Å². The van der Waals surface area contributed by atoms with Crippen LogP contribution in [-0.4, -0.2) is 33.4 Å². The predicted molar refractivity (Wildman–Crippen MR) is 117 cm³/mol. The number of carbonyl (C=O) groups excluding carboxylic acids is 1. The Morgan fingerprint density at radius 1 is 1.00 bits per heavy atom. The number of aromatic nitrogens is 2. The lowest BCUT2D eigenvalue weighted by molar-refractivity contribution is -0.128. The molecule has 0 spiro atoms. The van der Waals surface area contributed by atoms with Crippen LogP contribution in [0.1, 0.15) is 23.6 Å². The highest BCUT2D eigenvalue weighted by molar-refractivity contribution is 5.92. The van der Waals surface area contributed by atoms with Gasteiger partial charge in [0.05, 0.1) is 5.69 Å². The van der Waals surface area contributed by atoms with Crippen molar-refractivity contribution < 1.29 is 4.79 Å². The maximum Gasteiger partial charge on any atom is 0.251 e. The molecule has 2 atom stereocenters. The largest absolute Gasteiger partial charge is 0.338 e. The van der Waals surface area contributed by atoms with E-state index in [9.17, 15) is 9.59 Å². The molecule has 0 unspecified atom stereocenters. The molecule has 3 aromatic rings. The number of likely N-dealkylation sites (tertiary alicyclic amines) is 1. The van der Waals surface area contributed by atoms with Gasteiger partial charge in [0.25, 0.3) is 5.56 Å². The quantitative estimate of drug-likeness (QED) is 0.635. The molecule has 2 aliphatic heterocycles. The number of fused-ring (bicyclic) bond motifs is 4. The first kappa shape index (κ1) is 18.6. The number of nitrogens with zero attached hydrogens (tertiary/aromatic N) is 3. The zero-order valence-corrected chi connectivity index (χ0v) is 16.6. The molecule has 0 saturated carbocycles. The van der Waals surface area contributed by atoms with E-state index in [1.165, 1.54) is 0 Å². The summed E-state index contributed by atoms with van der Waals surface area (Å²) in [7, 11) is 0. The van der Waals surface area contributed by atoms with E-state index < -0.39 is 0 Å². The zero-order valence-electron chi connectivity index (χ0n) is 16.6. The molecule has 1 amide bonds. The summed E-state index contributed by atoms with van der Waals surface area (Å²) in [5.41, 5.74) is 3.70. The zero-order chi connectivity index (χ0) is 20.5. The van der Waals surface area contributed by atoms with Gasteiger partial charge in [-0.15, -0.1) is 0 Å². The average Bonchev–Trinajstić information content (AvgIpc) is 2.79. The topological polar surface area (TPSA) is 55.2 Å². The van der Waals surface area contributed by atoms with E-state index in [0.717, 1.165) is 28.9 Å². The number of rotatable bonds is 3. The highest BCUT2D eigenvalue weighted by Crippen LogP contribution is 2.36. The van der Waals surface area contributed by atoms with Crippen LogP contribution in [0.25, 0.3) is 17.3 Å². The molecule has 5 nitrogen and oxygen atoms in total. The molecule has 0 aliphatic carbocycles. The summed E-state index contributed by atoms with van der Waals surface area (Å²) in [5.74, 6) is 0.511. The fourth-order valence-electron chi connectivity index (χ4n) is 4.66. The van der Waals surface area contributed by atoms with Gasteiger partial charge in [-0.1, -0.05) is 36.4 Å². The summed E-state index contributed by atoms with van der Waals surface area (Å²) >= 11 is 0. The van der Waals surface area contributed by atoms with E-state index >= 15 is 0 Å². The van der Waals surface area contributed by atoms with Crippen LogP contribution in [0.5, 0.6) is 0 Å². The standard InChI is InChI=1S/C25H23N3O2/c29-24(10-9-18-6-2-1-3-7-18)27-15-19-12-21(17-27)23-13-20(14-25(30)28(23)16-19)22-8-4-5-11-26-22/h1-11,13-14,19,21H,12,15-17H2/b10-9+/t19-,21+/m0/s1. The summed E-state index contributed by atoms with van der Waals surface area (Å²) in [6, 6.07) is 19.3. The Hall–Kier alpha value is -3.47. The fraction of sp³-hybridized carbons (Fsp3) is 0.240. The lowest BCUT2D eigenvalue weighted by Crippen LogP contribution is -2.48. The Bertz CT molecular complexity index is 1150. The number of hydrogen-bond donors (Lipinski definition) is 0. The molecule has 0 radical (unpaired) electrons. The smallest absolute Gasteiger partial charge is 0.251 e. The summed E-state index contributed by atoms with van der Waals surface area (Å²) in [4.78, 5) is 32.0. The number of amides is 1. The van der Waals surface area contributed by atoms with Crippen molar-refractivity contribution in [1.29, 1.82) is 0 Å². The van der Waals surface area contributed by atoms with Crippen molar-refractivity contribution in [2.24, 2.45) is 5.92 Å². The predicted octanol–water partition coefficient (Wildman–Crippen LogP) is 3.57. The SMILES string of the molecule is O=C(/C=C/c1ccccc1)N1C[C@@H]2C[C@H](C1)c1cc(-c3ccccn3)cc(=O)n1C2. The van der Waals surface area contributed by atoms with E-state index in [1.54, 1.807) is 18.3 Å². The Kier molecular flexibility index (Phi) is 4.79. The molecule has 5 heteroatoms. The molecule has 150 valence electrons. The second-order valence-corrected chi connectivity index (χ2v) is 8.12. The van der Waals surface area contributed by atoms with E-state index in [-0.39, 0.29) is 17.4 Å². The molecular weight excluding hydrogens is 374 g/mol. The van der Waals surface area contributed by atoms with Crippen molar-refractivity contribution in [2.75, 3.05) is 13.1 Å². The minimum atomic E-state index is 0.0200. The Morgan fingerprint density at radius 3 is 2.63 bits per heavy atom. The molecular formula is C25H23N3O2. The highest BCUT2D eigenvalue weighted by Gasteiger charge is 2.36. The number of pyridine rings is 2. The van der Waals surface area contributed by atoms with Gasteiger partial charge >= 0.3 is 0 Å². The van der Waals surface area contributed by atoms with E-state index in [2.05, 4.69) is 11.1 Å². The van der Waals surface area contributed by atoms with Crippen LogP contribution in [0, 0.1) is 5.92 Å². The van der Waals surface area contributed by atoms with Crippen molar-refractivity contribution in [2.45, 2.75) is 18.9 Å². The number of hydrogen-bond acceptors (Lipinski definition) is 3. The molecule has 2 aliphatic rings. The summed E-state index contributed by atoms with van der Waals surface area (Å²) in [5, 5.41) is 0. The van der Waals surface area contributed by atoms with Crippen molar-refractivity contribution in [3.05, 3.63) is 94.5 Å². The molecule has 2 aromatic heterocycles. The monoisotopic (exact) mass is 397 g/mol. The summed E-state index contributed by atoms with van der Waals surface area (Å²) in [6.45, 7) is 2.00. The van der Waals surface area contributed by atoms with E-state index in [4.69, 9.17) is 0 Å². The Balaban J connectivity index is 1.41. The number of piperidine rings is 1. The molecule has 5 rings (SSSR count). The Morgan fingerprint density at radius 2 is 1.83 bits per heavy atom.